The average Bonchev–Trinajstić information content (AvgIpc) is 2.46. The van der Waals surface area contributed by atoms with E-state index in [9.17, 15) is 9.59 Å². The lowest BCUT2D eigenvalue weighted by molar-refractivity contribution is -0.169. The van der Waals surface area contributed by atoms with Crippen molar-refractivity contribution in [3.05, 3.63) is 0 Å². The third-order valence-corrected chi connectivity index (χ3v) is 2.97. The van der Waals surface area contributed by atoms with Crippen LogP contribution < -0.4 is 0 Å². The molecule has 0 bridgehead atoms. The Bertz CT molecular complexity index is 265. The van der Waals surface area contributed by atoms with Crippen LogP contribution in [0.5, 0.6) is 0 Å². The van der Waals surface area contributed by atoms with E-state index in [2.05, 4.69) is 0 Å². The predicted octanol–water partition coefficient (Wildman–Crippen LogP) is 0.469. The zero-order valence-corrected chi connectivity index (χ0v) is 9.10. The van der Waals surface area contributed by atoms with Crippen LogP contribution in [0, 0.1) is 5.92 Å². The summed E-state index contributed by atoms with van der Waals surface area (Å²) in [5.74, 6) is -1.49. The molecule has 4 atom stereocenters. The summed E-state index contributed by atoms with van der Waals surface area (Å²) >= 11 is 0. The molecule has 0 amide bonds. The van der Waals surface area contributed by atoms with Crippen LogP contribution in [0.3, 0.4) is 0 Å². The first-order chi connectivity index (χ1) is 6.95. The lowest BCUT2D eigenvalue weighted by atomic mass is 9.84. The van der Waals surface area contributed by atoms with Gasteiger partial charge in [-0.3, -0.25) is 0 Å². The molecule has 1 aliphatic rings. The van der Waals surface area contributed by atoms with Gasteiger partial charge in [0.15, 0.2) is 5.60 Å². The van der Waals surface area contributed by atoms with Crippen LogP contribution in [0.4, 0.5) is 0 Å². The predicted molar refractivity (Wildman–Crippen MR) is 51.6 cm³/mol. The Morgan fingerprint density at radius 3 is 2.73 bits per heavy atom. The molecule has 5 heteroatoms. The van der Waals surface area contributed by atoms with Gasteiger partial charge in [-0.05, 0) is 20.3 Å². The molecular formula is C10H16O5. The number of hydrogen-bond donors (Lipinski definition) is 1. The molecular weight excluding hydrogens is 200 g/mol. The highest BCUT2D eigenvalue weighted by Crippen LogP contribution is 2.38. The fraction of sp³-hybridized carbons (Fsp3) is 0.800. The molecule has 0 aromatic carbocycles. The zero-order valence-electron chi connectivity index (χ0n) is 9.10. The maximum atomic E-state index is 11.1. The van der Waals surface area contributed by atoms with Crippen molar-refractivity contribution in [2.24, 2.45) is 5.92 Å². The summed E-state index contributed by atoms with van der Waals surface area (Å²) in [6.45, 7) is 3.28. The van der Waals surface area contributed by atoms with Crippen LogP contribution in [0.2, 0.25) is 0 Å². The number of aldehydes is 1. The van der Waals surface area contributed by atoms with Crippen molar-refractivity contribution in [2.45, 2.75) is 38.1 Å². The molecule has 1 rings (SSSR count). The highest BCUT2D eigenvalue weighted by molar-refractivity contribution is 5.79. The molecule has 1 aliphatic heterocycles. The first kappa shape index (κ1) is 12.1. The van der Waals surface area contributed by atoms with Crippen molar-refractivity contribution in [1.82, 2.24) is 0 Å². The van der Waals surface area contributed by atoms with Gasteiger partial charge in [-0.2, -0.15) is 0 Å². The first-order valence-electron chi connectivity index (χ1n) is 4.85. The fourth-order valence-corrected chi connectivity index (χ4v) is 2.11. The molecule has 0 aromatic rings. The second-order valence-electron chi connectivity index (χ2n) is 4.02. The molecule has 86 valence electrons. The van der Waals surface area contributed by atoms with Gasteiger partial charge in [-0.15, -0.1) is 0 Å². The van der Waals surface area contributed by atoms with Gasteiger partial charge >= 0.3 is 5.97 Å². The van der Waals surface area contributed by atoms with Gasteiger partial charge in [0.25, 0.3) is 0 Å². The lowest BCUT2D eigenvalue weighted by Crippen LogP contribution is -2.46. The van der Waals surface area contributed by atoms with Gasteiger partial charge in [0.1, 0.15) is 12.4 Å². The average molecular weight is 216 g/mol. The molecule has 1 heterocycles. The minimum atomic E-state index is -1.33. The summed E-state index contributed by atoms with van der Waals surface area (Å²) in [6, 6.07) is 0. The molecule has 0 radical (unpaired) electrons. The summed E-state index contributed by atoms with van der Waals surface area (Å²) < 4.78 is 10.3. The van der Waals surface area contributed by atoms with Gasteiger partial charge in [0.2, 0.25) is 0 Å². The summed E-state index contributed by atoms with van der Waals surface area (Å²) in [7, 11) is 1.39. The van der Waals surface area contributed by atoms with Crippen molar-refractivity contribution in [2.75, 3.05) is 7.11 Å². The Labute approximate surface area is 88.4 Å². The Kier molecular flexibility index (Phi) is 3.46. The Morgan fingerprint density at radius 2 is 2.33 bits per heavy atom. The van der Waals surface area contributed by atoms with Crippen molar-refractivity contribution < 1.29 is 24.2 Å². The van der Waals surface area contributed by atoms with Crippen LogP contribution in [0.25, 0.3) is 0 Å². The van der Waals surface area contributed by atoms with Crippen LogP contribution in [-0.4, -0.2) is 42.3 Å². The van der Waals surface area contributed by atoms with E-state index in [1.165, 1.54) is 14.0 Å². The van der Waals surface area contributed by atoms with Gasteiger partial charge in [0, 0.05) is 13.0 Å². The second kappa shape index (κ2) is 4.28. The largest absolute Gasteiger partial charge is 0.479 e. The molecule has 5 nitrogen and oxygen atoms in total. The number of hydrogen-bond acceptors (Lipinski definition) is 4. The Hall–Kier alpha value is -0.940. The van der Waals surface area contributed by atoms with Crippen LogP contribution >= 0.6 is 0 Å². The van der Waals surface area contributed by atoms with Gasteiger partial charge in [-0.1, -0.05) is 0 Å². The summed E-state index contributed by atoms with van der Waals surface area (Å²) in [4.78, 5) is 21.9. The first-order valence-corrected chi connectivity index (χ1v) is 4.85. The number of aliphatic carboxylic acids is 1. The summed E-state index contributed by atoms with van der Waals surface area (Å²) in [5, 5.41) is 9.10. The van der Waals surface area contributed by atoms with Crippen molar-refractivity contribution in [1.29, 1.82) is 0 Å². The van der Waals surface area contributed by atoms with E-state index in [0.29, 0.717) is 12.7 Å². The van der Waals surface area contributed by atoms with E-state index in [1.807, 2.05) is 0 Å². The maximum Gasteiger partial charge on any atom is 0.336 e. The van der Waals surface area contributed by atoms with E-state index in [0.717, 1.165) is 0 Å². The van der Waals surface area contributed by atoms with E-state index in [4.69, 9.17) is 14.6 Å². The molecule has 0 aliphatic carbocycles. The quantitative estimate of drug-likeness (QED) is 0.691. The number of carbonyl (C=O) groups is 2. The summed E-state index contributed by atoms with van der Waals surface area (Å²) in [6.07, 6.45) is 0.248. The van der Waals surface area contributed by atoms with E-state index >= 15 is 0 Å². The number of carboxylic acid groups (broad SMARTS) is 1. The Balaban J connectivity index is 2.94. The Morgan fingerprint density at radius 1 is 1.73 bits per heavy atom. The minimum Gasteiger partial charge on any atom is -0.479 e. The maximum absolute atomic E-state index is 11.1. The van der Waals surface area contributed by atoms with Crippen molar-refractivity contribution in [3.63, 3.8) is 0 Å². The highest BCUT2D eigenvalue weighted by Gasteiger charge is 2.53. The molecule has 0 aromatic heterocycles. The van der Waals surface area contributed by atoms with E-state index in [-0.39, 0.29) is 6.10 Å². The van der Waals surface area contributed by atoms with Gasteiger partial charge in [0.05, 0.1) is 6.10 Å². The van der Waals surface area contributed by atoms with E-state index in [1.54, 1.807) is 6.92 Å². The number of rotatable bonds is 4. The molecule has 1 fully saturated rings. The molecule has 15 heavy (non-hydrogen) atoms. The number of methoxy groups -OCH3 is 1. The molecule has 0 saturated carbocycles. The topological polar surface area (TPSA) is 72.8 Å². The highest BCUT2D eigenvalue weighted by atomic mass is 16.5. The number of carboxylic acids is 1. The normalized spacial score (nSPS) is 37.5. The van der Waals surface area contributed by atoms with Gasteiger partial charge < -0.3 is 19.4 Å². The third kappa shape index (κ3) is 2.03. The molecule has 1 N–H and O–H groups in total. The van der Waals surface area contributed by atoms with Crippen molar-refractivity contribution >= 4 is 12.3 Å². The molecule has 0 spiro atoms. The van der Waals surface area contributed by atoms with E-state index < -0.39 is 23.6 Å². The minimum absolute atomic E-state index is 0.173. The standard InChI is InChI=1S/C10H16O5/c1-6-4-7(8(5-11)14-3)10(2,15-6)9(12)13/h5-8H,4H2,1-3H3,(H,12,13). The molecule has 1 saturated heterocycles. The molecule has 4 unspecified atom stereocenters. The second-order valence-corrected chi connectivity index (χ2v) is 4.02. The van der Waals surface area contributed by atoms with Crippen LogP contribution in [0.15, 0.2) is 0 Å². The summed E-state index contributed by atoms with van der Waals surface area (Å²) in [5.41, 5.74) is -1.33. The zero-order chi connectivity index (χ0) is 11.6. The third-order valence-electron chi connectivity index (χ3n) is 2.97. The lowest BCUT2D eigenvalue weighted by Gasteiger charge is -2.28. The SMILES string of the molecule is COC(C=O)C1CC(C)OC1(C)C(=O)O. The number of carbonyl (C=O) groups excluding carboxylic acids is 1. The van der Waals surface area contributed by atoms with Crippen LogP contribution in [0.1, 0.15) is 20.3 Å². The smallest absolute Gasteiger partial charge is 0.336 e. The van der Waals surface area contributed by atoms with Crippen LogP contribution in [-0.2, 0) is 19.1 Å². The van der Waals surface area contributed by atoms with Gasteiger partial charge in [-0.25, -0.2) is 4.79 Å². The van der Waals surface area contributed by atoms with Crippen molar-refractivity contribution in [3.8, 4) is 0 Å². The number of ether oxygens (including phenoxy) is 2. The monoisotopic (exact) mass is 216 g/mol. The fourth-order valence-electron chi connectivity index (χ4n) is 2.11.